The number of hydrazone groups is 1. The number of nitrogens with zero attached hydrogens (tertiary/aromatic N) is 3. The highest BCUT2D eigenvalue weighted by atomic mass is 32.2. The molecule has 8 heteroatoms. The van der Waals surface area contributed by atoms with Gasteiger partial charge in [0.15, 0.2) is 16.8 Å². The van der Waals surface area contributed by atoms with Crippen molar-refractivity contribution in [1.29, 1.82) is 0 Å². The maximum atomic E-state index is 13.5. The summed E-state index contributed by atoms with van der Waals surface area (Å²) in [7, 11) is 0. The smallest absolute Gasteiger partial charge is 0.189 e. The van der Waals surface area contributed by atoms with Gasteiger partial charge in [-0.15, -0.1) is 0 Å². The molecule has 0 spiro atoms. The average molecular weight is 428 g/mol. The highest BCUT2D eigenvalue weighted by molar-refractivity contribution is 8.13. The molecule has 0 aliphatic carbocycles. The average Bonchev–Trinajstić information content (AvgIpc) is 3.34. The minimum atomic E-state index is -0.824. The summed E-state index contributed by atoms with van der Waals surface area (Å²) in [6.45, 7) is 4.27. The minimum absolute atomic E-state index is 0.0338. The Balaban J connectivity index is 1.26. The Morgan fingerprint density at radius 3 is 2.73 bits per heavy atom. The topological polar surface area (TPSA) is 42.9 Å². The number of benzene rings is 2. The molecule has 3 aliphatic heterocycles. The first-order valence-corrected chi connectivity index (χ1v) is 11.0. The first-order chi connectivity index (χ1) is 14.5. The van der Waals surface area contributed by atoms with Gasteiger partial charge in [0.05, 0.1) is 12.1 Å². The van der Waals surface area contributed by atoms with Crippen LogP contribution < -0.4 is 10.9 Å². The summed E-state index contributed by atoms with van der Waals surface area (Å²) < 4.78 is 26.6. The molecule has 0 saturated carbocycles. The SMILES string of the molecule is Cc1ccc(C2CC3C4NN=C(SCc5ccc(F)c(F)c5)N4C=CN3N2)cc1C. The Labute approximate surface area is 178 Å². The predicted octanol–water partition coefficient (Wildman–Crippen LogP) is 4.12. The van der Waals surface area contributed by atoms with Gasteiger partial charge in [0.25, 0.3) is 0 Å². The van der Waals surface area contributed by atoms with E-state index >= 15 is 0 Å². The van der Waals surface area contributed by atoms with Crippen molar-refractivity contribution in [2.45, 2.75) is 44.3 Å². The fourth-order valence-corrected chi connectivity index (χ4v) is 5.04. The van der Waals surface area contributed by atoms with Crippen LogP contribution in [0.2, 0.25) is 0 Å². The molecule has 1 saturated heterocycles. The van der Waals surface area contributed by atoms with Crippen LogP contribution in [0.4, 0.5) is 8.78 Å². The number of halogens is 2. The van der Waals surface area contributed by atoms with E-state index in [2.05, 4.69) is 57.9 Å². The fourth-order valence-electron chi connectivity index (χ4n) is 4.13. The third-order valence-electron chi connectivity index (χ3n) is 5.99. The highest BCUT2D eigenvalue weighted by Crippen LogP contribution is 2.36. The standard InChI is InChI=1S/C22H23F2N5S/c1-13-3-5-16(9-14(13)2)19-11-20-21-25-26-22(28(21)7-8-29(20)27-19)30-12-15-4-6-17(23)18(24)10-15/h3-10,19-21,25,27H,11-12H2,1-2H3. The summed E-state index contributed by atoms with van der Waals surface area (Å²) in [6.07, 6.45) is 5.04. The van der Waals surface area contributed by atoms with E-state index in [0.29, 0.717) is 5.75 Å². The molecule has 2 N–H and O–H groups in total. The van der Waals surface area contributed by atoms with Gasteiger partial charge in [0.2, 0.25) is 0 Å². The summed E-state index contributed by atoms with van der Waals surface area (Å²) in [4.78, 5) is 2.12. The quantitative estimate of drug-likeness (QED) is 0.771. The molecule has 3 heterocycles. The van der Waals surface area contributed by atoms with Gasteiger partial charge in [-0.1, -0.05) is 36.0 Å². The summed E-state index contributed by atoms with van der Waals surface area (Å²) in [5.74, 6) is -1.12. The van der Waals surface area contributed by atoms with Crippen molar-refractivity contribution in [2.24, 2.45) is 5.10 Å². The molecular weight excluding hydrogens is 404 g/mol. The molecule has 3 atom stereocenters. The lowest BCUT2D eigenvalue weighted by molar-refractivity contribution is 0.152. The Morgan fingerprint density at radius 2 is 1.93 bits per heavy atom. The molecule has 30 heavy (non-hydrogen) atoms. The summed E-state index contributed by atoms with van der Waals surface area (Å²) in [5.41, 5.74) is 11.5. The zero-order valence-corrected chi connectivity index (χ0v) is 17.6. The van der Waals surface area contributed by atoms with Gasteiger partial charge < -0.3 is 9.91 Å². The van der Waals surface area contributed by atoms with Crippen molar-refractivity contribution in [3.63, 3.8) is 0 Å². The van der Waals surface area contributed by atoms with Crippen LogP contribution in [0.25, 0.3) is 0 Å². The van der Waals surface area contributed by atoms with Crippen LogP contribution in [0, 0.1) is 25.5 Å². The van der Waals surface area contributed by atoms with E-state index in [1.165, 1.54) is 40.6 Å². The van der Waals surface area contributed by atoms with Gasteiger partial charge in [0, 0.05) is 18.2 Å². The lowest BCUT2D eigenvalue weighted by atomic mass is 9.97. The zero-order chi connectivity index (χ0) is 20.8. The van der Waals surface area contributed by atoms with Crippen LogP contribution in [0.1, 0.15) is 34.7 Å². The molecule has 1 fully saturated rings. The van der Waals surface area contributed by atoms with Crippen LogP contribution in [0.15, 0.2) is 53.9 Å². The van der Waals surface area contributed by atoms with E-state index in [1.807, 2.05) is 12.4 Å². The van der Waals surface area contributed by atoms with E-state index in [0.717, 1.165) is 17.2 Å². The molecule has 5 rings (SSSR count). The third-order valence-corrected chi connectivity index (χ3v) is 7.03. The maximum Gasteiger partial charge on any atom is 0.189 e. The summed E-state index contributed by atoms with van der Waals surface area (Å²) in [6, 6.07) is 11.1. The first kappa shape index (κ1) is 19.4. The van der Waals surface area contributed by atoms with Gasteiger partial charge >= 0.3 is 0 Å². The van der Waals surface area contributed by atoms with E-state index in [4.69, 9.17) is 0 Å². The number of thioether (sulfide) groups is 1. The largest absolute Gasteiger partial charge is 0.306 e. The first-order valence-electron chi connectivity index (χ1n) is 9.98. The number of rotatable bonds is 3. The van der Waals surface area contributed by atoms with Gasteiger partial charge in [-0.2, -0.15) is 5.10 Å². The molecule has 3 aliphatic rings. The fraction of sp³-hybridized carbons (Fsp3) is 0.318. The highest BCUT2D eigenvalue weighted by Gasteiger charge is 2.44. The van der Waals surface area contributed by atoms with Crippen LogP contribution in [0.3, 0.4) is 0 Å². The summed E-state index contributed by atoms with van der Waals surface area (Å²) in [5, 5.41) is 7.49. The van der Waals surface area contributed by atoms with E-state index in [-0.39, 0.29) is 18.2 Å². The summed E-state index contributed by atoms with van der Waals surface area (Å²) >= 11 is 1.51. The number of fused-ring (bicyclic) bond motifs is 3. The molecular formula is C22H23F2N5S. The number of nitrogens with one attached hydrogen (secondary N) is 2. The Hall–Kier alpha value is -2.58. The minimum Gasteiger partial charge on any atom is -0.306 e. The number of hydrogen-bond donors (Lipinski definition) is 2. The third kappa shape index (κ3) is 3.44. The molecule has 0 radical (unpaired) electrons. The lowest BCUT2D eigenvalue weighted by Gasteiger charge is -2.36. The van der Waals surface area contributed by atoms with Crippen molar-refractivity contribution in [1.82, 2.24) is 20.8 Å². The maximum absolute atomic E-state index is 13.5. The van der Waals surface area contributed by atoms with E-state index in [9.17, 15) is 8.78 Å². The van der Waals surface area contributed by atoms with Crippen molar-refractivity contribution in [3.05, 3.63) is 82.7 Å². The molecule has 0 amide bonds. The van der Waals surface area contributed by atoms with Crippen molar-refractivity contribution < 1.29 is 8.78 Å². The van der Waals surface area contributed by atoms with Gasteiger partial charge in [-0.3, -0.25) is 5.43 Å². The number of hydrogen-bond acceptors (Lipinski definition) is 6. The van der Waals surface area contributed by atoms with Crippen LogP contribution in [-0.2, 0) is 5.75 Å². The molecule has 2 aromatic rings. The number of aryl methyl sites for hydroxylation is 2. The number of amidine groups is 1. The second-order valence-corrected chi connectivity index (χ2v) is 8.89. The Kier molecular flexibility index (Phi) is 4.91. The van der Waals surface area contributed by atoms with Crippen LogP contribution >= 0.6 is 11.8 Å². The Morgan fingerprint density at radius 1 is 1.07 bits per heavy atom. The number of hydrazine groups is 1. The van der Waals surface area contributed by atoms with E-state index in [1.54, 1.807) is 6.07 Å². The van der Waals surface area contributed by atoms with Gasteiger partial charge in [-0.25, -0.2) is 14.2 Å². The second kappa shape index (κ2) is 7.59. The zero-order valence-electron chi connectivity index (χ0n) is 16.8. The lowest BCUT2D eigenvalue weighted by Crippen LogP contribution is -2.54. The van der Waals surface area contributed by atoms with Crippen LogP contribution in [0.5, 0.6) is 0 Å². The normalized spacial score (nSPS) is 24.5. The molecule has 3 unspecified atom stereocenters. The van der Waals surface area contributed by atoms with Crippen molar-refractivity contribution >= 4 is 16.9 Å². The van der Waals surface area contributed by atoms with Crippen molar-refractivity contribution in [3.8, 4) is 0 Å². The van der Waals surface area contributed by atoms with Gasteiger partial charge in [-0.05, 0) is 54.7 Å². The molecule has 5 nitrogen and oxygen atoms in total. The molecule has 2 aromatic carbocycles. The molecule has 156 valence electrons. The van der Waals surface area contributed by atoms with E-state index < -0.39 is 11.6 Å². The van der Waals surface area contributed by atoms with Crippen molar-refractivity contribution in [2.75, 3.05) is 0 Å². The molecule has 0 aromatic heterocycles. The Bertz CT molecular complexity index is 1040. The predicted molar refractivity (Wildman–Crippen MR) is 115 cm³/mol. The molecule has 0 bridgehead atoms. The second-order valence-electron chi connectivity index (χ2n) is 7.95. The van der Waals surface area contributed by atoms with Gasteiger partial charge in [0.1, 0.15) is 6.17 Å². The van der Waals surface area contributed by atoms with Crippen LogP contribution in [-0.4, -0.2) is 27.3 Å². The monoisotopic (exact) mass is 427 g/mol.